The zero-order valence-electron chi connectivity index (χ0n) is 14.3. The van der Waals surface area contributed by atoms with Crippen LogP contribution in [-0.2, 0) is 0 Å². The number of amides is 2. The second-order valence-corrected chi connectivity index (χ2v) is 6.50. The molecule has 0 saturated carbocycles. The molecule has 1 aliphatic rings. The lowest BCUT2D eigenvalue weighted by molar-refractivity contribution is 0.0696. The molecule has 1 heterocycles. The molecule has 0 aliphatic carbocycles. The van der Waals surface area contributed by atoms with E-state index in [0.29, 0.717) is 22.2 Å². The molecule has 0 unspecified atom stereocenters. The predicted molar refractivity (Wildman–Crippen MR) is 103 cm³/mol. The van der Waals surface area contributed by atoms with Gasteiger partial charge in [0.05, 0.1) is 22.4 Å². The second-order valence-electron chi connectivity index (χ2n) is 6.06. The van der Waals surface area contributed by atoms with Crippen molar-refractivity contribution in [1.29, 1.82) is 0 Å². The van der Waals surface area contributed by atoms with Crippen LogP contribution < -0.4 is 9.64 Å². The third-order valence-corrected chi connectivity index (χ3v) is 4.53. The number of carboxylic acids is 1. The highest BCUT2D eigenvalue weighted by Gasteiger charge is 2.37. The van der Waals surface area contributed by atoms with Gasteiger partial charge in [-0.15, -0.1) is 0 Å². The van der Waals surface area contributed by atoms with Crippen molar-refractivity contribution in [3.05, 3.63) is 88.4 Å². The summed E-state index contributed by atoms with van der Waals surface area (Å²) in [5.41, 5.74) is 0.572. The number of ether oxygens (including phenoxy) is 1. The first-order chi connectivity index (χ1) is 13.4. The molecule has 0 bridgehead atoms. The molecule has 0 spiro atoms. The fourth-order valence-electron chi connectivity index (χ4n) is 2.91. The molecule has 0 saturated heterocycles. The van der Waals surface area contributed by atoms with Gasteiger partial charge in [0, 0.05) is 5.02 Å². The summed E-state index contributed by atoms with van der Waals surface area (Å²) >= 11 is 5.84. The van der Waals surface area contributed by atoms with E-state index in [2.05, 4.69) is 0 Å². The van der Waals surface area contributed by atoms with Gasteiger partial charge in [0.1, 0.15) is 11.5 Å². The van der Waals surface area contributed by atoms with E-state index >= 15 is 0 Å². The van der Waals surface area contributed by atoms with E-state index in [1.54, 1.807) is 48.5 Å². The lowest BCUT2D eigenvalue weighted by atomic mass is 10.1. The summed E-state index contributed by atoms with van der Waals surface area (Å²) in [6.07, 6.45) is 0. The Balaban J connectivity index is 1.59. The van der Waals surface area contributed by atoms with Gasteiger partial charge >= 0.3 is 5.97 Å². The van der Waals surface area contributed by atoms with Crippen LogP contribution >= 0.6 is 11.6 Å². The van der Waals surface area contributed by atoms with Crippen LogP contribution in [0.3, 0.4) is 0 Å². The number of carbonyl (C=O) groups excluding carboxylic acids is 2. The van der Waals surface area contributed by atoms with Crippen LogP contribution in [0.1, 0.15) is 31.1 Å². The van der Waals surface area contributed by atoms with Gasteiger partial charge in [-0.2, -0.15) is 0 Å². The number of rotatable bonds is 4. The van der Waals surface area contributed by atoms with Gasteiger partial charge in [0.25, 0.3) is 11.8 Å². The number of carbonyl (C=O) groups is 3. The molecule has 2 amide bonds. The van der Waals surface area contributed by atoms with E-state index < -0.39 is 17.8 Å². The topological polar surface area (TPSA) is 83.9 Å². The summed E-state index contributed by atoms with van der Waals surface area (Å²) in [5, 5.41) is 9.68. The number of carboxylic acid groups (broad SMARTS) is 1. The fourth-order valence-corrected chi connectivity index (χ4v) is 3.04. The minimum atomic E-state index is -1.16. The molecule has 1 N–H and O–H groups in total. The number of aromatic carboxylic acids is 1. The normalized spacial score (nSPS) is 12.8. The van der Waals surface area contributed by atoms with Crippen molar-refractivity contribution in [2.75, 3.05) is 4.90 Å². The van der Waals surface area contributed by atoms with Crippen molar-refractivity contribution >= 4 is 35.1 Å². The van der Waals surface area contributed by atoms with E-state index in [-0.39, 0.29) is 16.7 Å². The van der Waals surface area contributed by atoms with Crippen molar-refractivity contribution in [3.63, 3.8) is 0 Å². The molecule has 0 aromatic heterocycles. The molecule has 0 fully saturated rings. The van der Waals surface area contributed by atoms with Crippen molar-refractivity contribution in [2.24, 2.45) is 0 Å². The lowest BCUT2D eigenvalue weighted by Gasteiger charge is -2.14. The first kappa shape index (κ1) is 17.8. The lowest BCUT2D eigenvalue weighted by Crippen LogP contribution is -2.29. The van der Waals surface area contributed by atoms with Gasteiger partial charge in [0.2, 0.25) is 0 Å². The summed E-state index contributed by atoms with van der Waals surface area (Å²) in [6.45, 7) is 0. The van der Waals surface area contributed by atoms with Gasteiger partial charge in [-0.05, 0) is 66.7 Å². The number of imide groups is 1. The summed E-state index contributed by atoms with van der Waals surface area (Å²) in [5.74, 6) is -1.10. The highest BCUT2D eigenvalue weighted by molar-refractivity contribution is 6.34. The number of nitrogens with zero attached hydrogens (tertiary/aromatic N) is 1. The number of benzene rings is 3. The molecule has 0 atom stereocenters. The Kier molecular flexibility index (Phi) is 4.33. The Morgan fingerprint density at radius 3 is 2.00 bits per heavy atom. The number of hydrogen-bond donors (Lipinski definition) is 1. The van der Waals surface area contributed by atoms with Gasteiger partial charge in [-0.1, -0.05) is 11.6 Å². The minimum absolute atomic E-state index is 0.0477. The van der Waals surface area contributed by atoms with Gasteiger partial charge < -0.3 is 9.84 Å². The predicted octanol–water partition coefficient (Wildman–Crippen LogP) is 4.63. The maximum atomic E-state index is 12.7. The molecular weight excluding hydrogens is 382 g/mol. The Labute approximate surface area is 164 Å². The Hall–Kier alpha value is -3.64. The number of hydrogen-bond acceptors (Lipinski definition) is 4. The molecular formula is C21H12ClNO5. The SMILES string of the molecule is O=C(O)c1ccc2c(c1)C(=O)N(c1ccc(Oc3ccc(Cl)cc3)cc1)C2=O. The van der Waals surface area contributed by atoms with Crippen molar-refractivity contribution < 1.29 is 24.2 Å². The highest BCUT2D eigenvalue weighted by Crippen LogP contribution is 2.31. The largest absolute Gasteiger partial charge is 0.478 e. The Bertz CT molecular complexity index is 1110. The average molecular weight is 394 g/mol. The van der Waals surface area contributed by atoms with Crippen LogP contribution in [0.5, 0.6) is 11.5 Å². The van der Waals surface area contributed by atoms with Crippen LogP contribution in [0.4, 0.5) is 5.69 Å². The Morgan fingerprint density at radius 2 is 1.39 bits per heavy atom. The van der Waals surface area contributed by atoms with Crippen LogP contribution in [0.25, 0.3) is 0 Å². The molecule has 3 aromatic rings. The van der Waals surface area contributed by atoms with E-state index in [4.69, 9.17) is 21.4 Å². The van der Waals surface area contributed by atoms with E-state index in [1.807, 2.05) is 0 Å². The molecule has 7 heteroatoms. The van der Waals surface area contributed by atoms with Crippen LogP contribution in [0.15, 0.2) is 66.7 Å². The zero-order chi connectivity index (χ0) is 19.8. The minimum Gasteiger partial charge on any atom is -0.478 e. The average Bonchev–Trinajstić information content (AvgIpc) is 2.94. The third-order valence-electron chi connectivity index (χ3n) is 4.28. The molecule has 1 aliphatic heterocycles. The highest BCUT2D eigenvalue weighted by atomic mass is 35.5. The molecule has 0 radical (unpaired) electrons. The van der Waals surface area contributed by atoms with Crippen molar-refractivity contribution in [1.82, 2.24) is 0 Å². The standard InChI is InChI=1S/C21H12ClNO5/c22-13-2-6-15(7-3-13)28-16-8-4-14(5-9-16)23-19(24)17-10-1-12(21(26)27)11-18(17)20(23)25/h1-11H,(H,26,27). The first-order valence-electron chi connectivity index (χ1n) is 8.23. The van der Waals surface area contributed by atoms with Gasteiger partial charge in [-0.3, -0.25) is 9.59 Å². The maximum absolute atomic E-state index is 12.7. The molecule has 3 aromatic carbocycles. The van der Waals surface area contributed by atoms with Crippen molar-refractivity contribution in [2.45, 2.75) is 0 Å². The third kappa shape index (κ3) is 3.10. The summed E-state index contributed by atoms with van der Waals surface area (Å²) < 4.78 is 5.70. The Morgan fingerprint density at radius 1 is 0.821 bits per heavy atom. The van der Waals surface area contributed by atoms with E-state index in [9.17, 15) is 14.4 Å². The molecule has 28 heavy (non-hydrogen) atoms. The van der Waals surface area contributed by atoms with Crippen LogP contribution in [-0.4, -0.2) is 22.9 Å². The smallest absolute Gasteiger partial charge is 0.335 e. The van der Waals surface area contributed by atoms with E-state index in [1.165, 1.54) is 18.2 Å². The number of anilines is 1. The second kappa shape index (κ2) is 6.83. The summed E-state index contributed by atoms with van der Waals surface area (Å²) in [7, 11) is 0. The first-order valence-corrected chi connectivity index (χ1v) is 8.61. The van der Waals surface area contributed by atoms with Gasteiger partial charge in [-0.25, -0.2) is 9.69 Å². The molecule has 138 valence electrons. The van der Waals surface area contributed by atoms with Crippen LogP contribution in [0, 0.1) is 0 Å². The number of fused-ring (bicyclic) bond motifs is 1. The fraction of sp³-hybridized carbons (Fsp3) is 0. The summed E-state index contributed by atoms with van der Waals surface area (Å²) in [6, 6.07) is 17.2. The summed E-state index contributed by atoms with van der Waals surface area (Å²) in [4.78, 5) is 37.4. The zero-order valence-corrected chi connectivity index (χ0v) is 15.0. The van der Waals surface area contributed by atoms with Gasteiger partial charge in [0.15, 0.2) is 0 Å². The quantitative estimate of drug-likeness (QED) is 0.653. The molecule has 4 rings (SSSR count). The van der Waals surface area contributed by atoms with Crippen molar-refractivity contribution in [3.8, 4) is 11.5 Å². The van der Waals surface area contributed by atoms with E-state index in [0.717, 1.165) is 4.90 Å². The maximum Gasteiger partial charge on any atom is 0.335 e. The molecule has 6 nitrogen and oxygen atoms in total. The number of halogens is 1. The van der Waals surface area contributed by atoms with Crippen LogP contribution in [0.2, 0.25) is 5.02 Å². The monoisotopic (exact) mass is 393 g/mol.